The van der Waals surface area contributed by atoms with Gasteiger partial charge in [0.2, 0.25) is 0 Å². The summed E-state index contributed by atoms with van der Waals surface area (Å²) in [5.74, 6) is 0.126. The number of nitrogens with zero attached hydrogens (tertiary/aromatic N) is 3. The minimum Gasteiger partial charge on any atom is -0.484 e. The van der Waals surface area contributed by atoms with E-state index in [4.69, 9.17) is 26.6 Å². The van der Waals surface area contributed by atoms with Gasteiger partial charge in [0, 0.05) is 21.5 Å². The summed E-state index contributed by atoms with van der Waals surface area (Å²) in [6.07, 6.45) is 1.43. The average Bonchev–Trinajstić information content (AvgIpc) is 2.96. The van der Waals surface area contributed by atoms with Crippen LogP contribution in [0.5, 0.6) is 5.75 Å². The molecule has 0 aliphatic rings. The first-order valence-electron chi connectivity index (χ1n) is 11.8. The molecule has 5 rings (SSSR count). The predicted octanol–water partition coefficient (Wildman–Crippen LogP) is 6.62. The molecule has 0 bridgehead atoms. The zero-order chi connectivity index (χ0) is 26.3. The van der Waals surface area contributed by atoms with Crippen molar-refractivity contribution in [2.24, 2.45) is 5.10 Å². The standard InChI is InChI=1S/C31H21ClN4O2/c32-25-12-15-29-28(16-25)27(21-6-2-1-3-7-21)17-30(35-29)22-10-13-26(14-11-22)38-20-31(37)36-34-19-24-9-5-4-8-23(24)18-33/h1-17,19H,20H2,(H,36,37)/b34-19+. The first-order chi connectivity index (χ1) is 18.6. The van der Waals surface area contributed by atoms with Gasteiger partial charge in [-0.3, -0.25) is 4.79 Å². The number of carbonyl (C=O) groups excluding carboxylic acids is 1. The Balaban J connectivity index is 1.29. The summed E-state index contributed by atoms with van der Waals surface area (Å²) in [4.78, 5) is 17.0. The van der Waals surface area contributed by atoms with Gasteiger partial charge in [-0.1, -0.05) is 60.1 Å². The normalized spacial score (nSPS) is 10.8. The molecular formula is C31H21ClN4O2. The van der Waals surface area contributed by atoms with E-state index in [0.29, 0.717) is 21.9 Å². The number of carbonyl (C=O) groups is 1. The molecule has 1 aromatic heterocycles. The summed E-state index contributed by atoms with van der Waals surface area (Å²) in [6.45, 7) is -0.205. The highest BCUT2D eigenvalue weighted by Crippen LogP contribution is 2.33. The van der Waals surface area contributed by atoms with Crippen molar-refractivity contribution in [3.8, 4) is 34.2 Å². The first kappa shape index (κ1) is 24.7. The molecule has 0 fully saturated rings. The topological polar surface area (TPSA) is 87.4 Å². The third-order valence-corrected chi connectivity index (χ3v) is 6.08. The van der Waals surface area contributed by atoms with Gasteiger partial charge in [0.15, 0.2) is 6.61 Å². The fourth-order valence-electron chi connectivity index (χ4n) is 3.99. The molecule has 6 nitrogen and oxygen atoms in total. The lowest BCUT2D eigenvalue weighted by molar-refractivity contribution is -0.123. The predicted molar refractivity (Wildman–Crippen MR) is 150 cm³/mol. The molecule has 4 aromatic carbocycles. The molecule has 7 heteroatoms. The van der Waals surface area contributed by atoms with E-state index in [9.17, 15) is 4.79 Å². The third kappa shape index (κ3) is 5.70. The molecule has 0 radical (unpaired) electrons. The number of rotatable bonds is 7. The van der Waals surface area contributed by atoms with Gasteiger partial charge in [-0.25, -0.2) is 10.4 Å². The van der Waals surface area contributed by atoms with Crippen LogP contribution in [0.25, 0.3) is 33.3 Å². The highest BCUT2D eigenvalue weighted by atomic mass is 35.5. The van der Waals surface area contributed by atoms with E-state index in [1.54, 1.807) is 36.4 Å². The molecule has 0 saturated heterocycles. The molecule has 38 heavy (non-hydrogen) atoms. The van der Waals surface area contributed by atoms with Crippen molar-refractivity contribution >= 4 is 34.6 Å². The highest BCUT2D eigenvalue weighted by molar-refractivity contribution is 6.31. The molecular weight excluding hydrogens is 496 g/mol. The molecule has 1 heterocycles. The first-order valence-corrected chi connectivity index (χ1v) is 12.2. The second-order valence-corrected chi connectivity index (χ2v) is 8.82. The fraction of sp³-hybridized carbons (Fsp3) is 0.0323. The van der Waals surface area contributed by atoms with Crippen molar-refractivity contribution in [1.29, 1.82) is 5.26 Å². The van der Waals surface area contributed by atoms with Gasteiger partial charge in [-0.05, 0) is 65.7 Å². The van der Waals surface area contributed by atoms with E-state index in [1.165, 1.54) is 6.21 Å². The van der Waals surface area contributed by atoms with Crippen LogP contribution in [0.1, 0.15) is 11.1 Å². The second-order valence-electron chi connectivity index (χ2n) is 8.39. The van der Waals surface area contributed by atoms with Gasteiger partial charge in [0.25, 0.3) is 5.91 Å². The lowest BCUT2D eigenvalue weighted by Crippen LogP contribution is -2.24. The number of ether oxygens (including phenoxy) is 1. The molecule has 0 aliphatic carbocycles. The van der Waals surface area contributed by atoms with Crippen LogP contribution in [0, 0.1) is 11.3 Å². The summed E-state index contributed by atoms with van der Waals surface area (Å²) in [6, 6.07) is 34.3. The Morgan fingerprint density at radius 1 is 0.947 bits per heavy atom. The van der Waals surface area contributed by atoms with Crippen LogP contribution in [-0.4, -0.2) is 23.7 Å². The van der Waals surface area contributed by atoms with Gasteiger partial charge < -0.3 is 4.74 Å². The number of hydrogen-bond acceptors (Lipinski definition) is 5. The molecule has 0 saturated carbocycles. The van der Waals surface area contributed by atoms with Crippen molar-refractivity contribution in [3.63, 3.8) is 0 Å². The third-order valence-electron chi connectivity index (χ3n) is 5.85. The van der Waals surface area contributed by atoms with Crippen LogP contribution in [0.2, 0.25) is 5.02 Å². The number of nitriles is 1. The Morgan fingerprint density at radius 2 is 1.71 bits per heavy atom. The van der Waals surface area contributed by atoms with Crippen LogP contribution in [0.4, 0.5) is 0 Å². The Labute approximate surface area is 224 Å². The minimum atomic E-state index is -0.415. The molecule has 1 amide bonds. The Hall–Kier alpha value is -4.99. The maximum absolute atomic E-state index is 12.1. The summed E-state index contributed by atoms with van der Waals surface area (Å²) in [5, 5.41) is 14.7. The van der Waals surface area contributed by atoms with E-state index < -0.39 is 5.91 Å². The minimum absolute atomic E-state index is 0.205. The molecule has 0 unspecified atom stereocenters. The molecule has 5 aromatic rings. The van der Waals surface area contributed by atoms with Crippen molar-refractivity contribution in [2.75, 3.05) is 6.61 Å². The van der Waals surface area contributed by atoms with E-state index in [2.05, 4.69) is 34.8 Å². The summed E-state index contributed by atoms with van der Waals surface area (Å²) >= 11 is 6.28. The number of fused-ring (bicyclic) bond motifs is 1. The number of hydrogen-bond donors (Lipinski definition) is 1. The Bertz CT molecular complexity index is 1680. The van der Waals surface area contributed by atoms with Crippen LogP contribution < -0.4 is 10.2 Å². The molecule has 1 N–H and O–H groups in total. The lowest BCUT2D eigenvalue weighted by atomic mass is 9.98. The van der Waals surface area contributed by atoms with E-state index in [-0.39, 0.29) is 6.61 Å². The van der Waals surface area contributed by atoms with Gasteiger partial charge >= 0.3 is 0 Å². The second kappa shape index (κ2) is 11.4. The van der Waals surface area contributed by atoms with Crippen LogP contribution in [0.15, 0.2) is 108 Å². The van der Waals surface area contributed by atoms with Crippen LogP contribution in [0.3, 0.4) is 0 Å². The lowest BCUT2D eigenvalue weighted by Gasteiger charge is -2.11. The van der Waals surface area contributed by atoms with E-state index in [0.717, 1.165) is 33.3 Å². The number of pyridine rings is 1. The van der Waals surface area contributed by atoms with Gasteiger partial charge in [0.1, 0.15) is 5.75 Å². The average molecular weight is 517 g/mol. The maximum atomic E-state index is 12.1. The number of aromatic nitrogens is 1. The van der Waals surface area contributed by atoms with E-state index >= 15 is 0 Å². The number of halogens is 1. The van der Waals surface area contributed by atoms with Crippen LogP contribution in [-0.2, 0) is 4.79 Å². The number of benzene rings is 4. The molecule has 0 spiro atoms. The summed E-state index contributed by atoms with van der Waals surface area (Å²) < 4.78 is 5.61. The summed E-state index contributed by atoms with van der Waals surface area (Å²) in [7, 11) is 0. The quantitative estimate of drug-likeness (QED) is 0.194. The monoisotopic (exact) mass is 516 g/mol. The number of amides is 1. The van der Waals surface area contributed by atoms with Crippen molar-refractivity contribution in [1.82, 2.24) is 10.4 Å². The highest BCUT2D eigenvalue weighted by Gasteiger charge is 2.11. The fourth-order valence-corrected chi connectivity index (χ4v) is 4.16. The van der Waals surface area contributed by atoms with Crippen LogP contribution >= 0.6 is 11.6 Å². The van der Waals surface area contributed by atoms with E-state index in [1.807, 2.05) is 48.5 Å². The van der Waals surface area contributed by atoms with Gasteiger partial charge in [-0.15, -0.1) is 0 Å². The zero-order valence-corrected chi connectivity index (χ0v) is 20.9. The molecule has 0 aliphatic heterocycles. The Kier molecular flexibility index (Phi) is 7.39. The molecule has 184 valence electrons. The van der Waals surface area contributed by atoms with Crippen molar-refractivity contribution < 1.29 is 9.53 Å². The Morgan fingerprint density at radius 3 is 2.50 bits per heavy atom. The smallest absolute Gasteiger partial charge is 0.277 e. The summed E-state index contributed by atoms with van der Waals surface area (Å²) in [5.41, 5.74) is 8.20. The SMILES string of the molecule is N#Cc1ccccc1/C=N/NC(=O)COc1ccc(-c2cc(-c3ccccc3)c3cc(Cl)ccc3n2)cc1. The van der Waals surface area contributed by atoms with Crippen molar-refractivity contribution in [3.05, 3.63) is 119 Å². The molecule has 0 atom stereocenters. The zero-order valence-electron chi connectivity index (χ0n) is 20.1. The maximum Gasteiger partial charge on any atom is 0.277 e. The van der Waals surface area contributed by atoms with Gasteiger partial charge in [-0.2, -0.15) is 10.4 Å². The largest absolute Gasteiger partial charge is 0.484 e. The van der Waals surface area contributed by atoms with Crippen molar-refractivity contribution in [2.45, 2.75) is 0 Å². The number of nitrogens with one attached hydrogen (secondary N) is 1. The number of hydrazone groups is 1. The van der Waals surface area contributed by atoms with Gasteiger partial charge in [0.05, 0.1) is 29.1 Å².